The largest absolute Gasteiger partial charge is 0.543 e. The number of oxime groups is 1. The number of carboxylic acid groups (broad SMARTS) is 1. The first-order valence-electron chi connectivity index (χ1n) is 9.88. The number of nitrogen functional groups attached to an aromatic ring is 1. The number of aryl methyl sites for hydroxylation is 1. The number of nitrogens with one attached hydrogen (secondary N) is 1. The summed E-state index contributed by atoms with van der Waals surface area (Å²) in [5, 5.41) is 22.4. The maximum atomic E-state index is 12.9. The Labute approximate surface area is 206 Å². The van der Waals surface area contributed by atoms with Crippen molar-refractivity contribution in [3.05, 3.63) is 33.9 Å². The summed E-state index contributed by atoms with van der Waals surface area (Å²) in [5.41, 5.74) is 6.13. The Kier molecular flexibility index (Phi) is 6.77. The van der Waals surface area contributed by atoms with Crippen LogP contribution in [0.4, 0.5) is 10.3 Å². The van der Waals surface area contributed by atoms with Gasteiger partial charge in [0.15, 0.2) is 10.8 Å². The zero-order chi connectivity index (χ0) is 24.6. The molecule has 2 aliphatic rings. The molecule has 0 spiro atoms. The number of β-lactam (4-membered cyclic amide) rings is 1. The van der Waals surface area contributed by atoms with Crippen molar-refractivity contribution in [2.75, 3.05) is 37.1 Å². The molecular weight excluding hydrogens is 502 g/mol. The highest BCUT2D eigenvalue weighted by Gasteiger charge is 2.53. The maximum Gasteiger partial charge on any atom is 0.335 e. The standard InChI is InChI=1S/C19H21N7O5S3/c1-24-4-5-32-19(24)25(2)6-9-7-33-16-12(15(28)26(16)13(9)17(29)30)22-14(27)11(23-31-3)10-8-34-18(20)21-10/h4-5,8,12,16H,6-7H2,1-3H3,(H3-,20,21,22,27,29,30)/b23-11+/t12-,16-/m1/s1. The second-order valence-electron chi connectivity index (χ2n) is 7.45. The molecule has 34 heavy (non-hydrogen) atoms. The molecule has 0 bridgehead atoms. The molecule has 2 aromatic rings. The van der Waals surface area contributed by atoms with Crippen LogP contribution in [0.5, 0.6) is 0 Å². The fraction of sp³-hybridized carbons (Fsp3) is 0.368. The van der Waals surface area contributed by atoms with Crippen molar-refractivity contribution >= 4 is 68.2 Å². The second-order valence-corrected chi connectivity index (χ2v) is 10.3. The molecule has 0 saturated carbocycles. The van der Waals surface area contributed by atoms with Gasteiger partial charge in [-0.05, 0) is 0 Å². The van der Waals surface area contributed by atoms with E-state index in [-0.39, 0.29) is 22.2 Å². The van der Waals surface area contributed by atoms with Crippen molar-refractivity contribution in [2.24, 2.45) is 12.2 Å². The number of hydrogen-bond acceptors (Lipinski definition) is 12. The lowest BCUT2D eigenvalue weighted by atomic mass is 10.0. The SMILES string of the molecule is CO/N=C(/C(=O)N[C@@H]1C(=O)N2C(C(=O)[O-])=C(CN(C)c3scc[n+]3C)CS[C@H]12)c1csc(N)n1. The molecule has 0 aromatic carbocycles. The normalized spacial score (nSPS) is 20.0. The molecule has 180 valence electrons. The highest BCUT2D eigenvalue weighted by atomic mass is 32.2. The van der Waals surface area contributed by atoms with E-state index < -0.39 is 29.2 Å². The van der Waals surface area contributed by atoms with Crippen LogP contribution < -0.4 is 25.6 Å². The summed E-state index contributed by atoms with van der Waals surface area (Å²) in [6, 6.07) is -0.931. The summed E-state index contributed by atoms with van der Waals surface area (Å²) >= 11 is 4.02. The van der Waals surface area contributed by atoms with Crippen LogP contribution in [0.3, 0.4) is 0 Å². The highest BCUT2D eigenvalue weighted by molar-refractivity contribution is 8.00. The predicted molar refractivity (Wildman–Crippen MR) is 126 cm³/mol. The number of rotatable bonds is 8. The second kappa shape index (κ2) is 9.60. The molecule has 2 aromatic heterocycles. The van der Waals surface area contributed by atoms with Crippen LogP contribution in [0, 0.1) is 0 Å². The molecule has 4 rings (SSSR count). The molecule has 12 nitrogen and oxygen atoms in total. The van der Waals surface area contributed by atoms with Gasteiger partial charge in [0.2, 0.25) is 0 Å². The Morgan fingerprint density at radius 3 is 2.82 bits per heavy atom. The van der Waals surface area contributed by atoms with Crippen LogP contribution in [0.1, 0.15) is 5.69 Å². The number of likely N-dealkylation sites (N-methyl/N-ethyl adjacent to an activating group) is 1. The summed E-state index contributed by atoms with van der Waals surface area (Å²) < 4.78 is 1.93. The van der Waals surface area contributed by atoms with Crippen molar-refractivity contribution in [1.82, 2.24) is 15.2 Å². The number of carbonyl (C=O) groups is 3. The summed E-state index contributed by atoms with van der Waals surface area (Å²) in [4.78, 5) is 49.6. The van der Waals surface area contributed by atoms with E-state index in [1.165, 1.54) is 35.1 Å². The molecule has 0 radical (unpaired) electrons. The summed E-state index contributed by atoms with van der Waals surface area (Å²) in [6.07, 6.45) is 1.91. The number of anilines is 2. The van der Waals surface area contributed by atoms with Gasteiger partial charge in [0, 0.05) is 22.1 Å². The van der Waals surface area contributed by atoms with E-state index in [2.05, 4.69) is 15.5 Å². The molecule has 2 aliphatic heterocycles. The van der Waals surface area contributed by atoms with Crippen molar-refractivity contribution < 1.29 is 28.9 Å². The average molecular weight is 524 g/mol. The van der Waals surface area contributed by atoms with Crippen molar-refractivity contribution in [1.29, 1.82) is 0 Å². The first-order chi connectivity index (χ1) is 16.2. The van der Waals surface area contributed by atoms with E-state index in [9.17, 15) is 19.5 Å². The van der Waals surface area contributed by atoms with E-state index in [1.807, 2.05) is 35.1 Å². The Hall–Kier alpha value is -3.17. The molecule has 2 amide bonds. The monoisotopic (exact) mass is 523 g/mol. The van der Waals surface area contributed by atoms with E-state index >= 15 is 0 Å². The Morgan fingerprint density at radius 2 is 2.24 bits per heavy atom. The van der Waals surface area contributed by atoms with Gasteiger partial charge in [-0.2, -0.15) is 0 Å². The van der Waals surface area contributed by atoms with Gasteiger partial charge in [-0.25, -0.2) is 9.55 Å². The number of aromatic nitrogens is 2. The zero-order valence-electron chi connectivity index (χ0n) is 18.4. The number of nitrogens with zero attached hydrogens (tertiary/aromatic N) is 5. The predicted octanol–water partition coefficient (Wildman–Crippen LogP) is -1.50. The third kappa shape index (κ3) is 4.33. The van der Waals surface area contributed by atoms with Gasteiger partial charge >= 0.3 is 5.13 Å². The fourth-order valence-electron chi connectivity index (χ4n) is 3.74. The van der Waals surface area contributed by atoms with Gasteiger partial charge in [-0.15, -0.1) is 23.1 Å². The van der Waals surface area contributed by atoms with Crippen LogP contribution >= 0.6 is 34.4 Å². The lowest BCUT2D eigenvalue weighted by Gasteiger charge is -2.50. The first kappa shape index (κ1) is 24.0. The highest BCUT2D eigenvalue weighted by Crippen LogP contribution is 2.40. The Bertz CT molecular complexity index is 1210. The minimum absolute atomic E-state index is 0.135. The average Bonchev–Trinajstić information content (AvgIpc) is 3.42. The van der Waals surface area contributed by atoms with Crippen LogP contribution in [0.2, 0.25) is 0 Å². The number of fused-ring (bicyclic) bond motifs is 1. The van der Waals surface area contributed by atoms with E-state index in [0.717, 1.165) is 16.5 Å². The number of aliphatic carboxylic acids is 1. The minimum atomic E-state index is -1.43. The van der Waals surface area contributed by atoms with Gasteiger partial charge in [0.1, 0.15) is 37.0 Å². The van der Waals surface area contributed by atoms with Gasteiger partial charge in [0.25, 0.3) is 11.8 Å². The number of nitrogens with two attached hydrogens (primary N) is 1. The maximum absolute atomic E-state index is 12.9. The number of amides is 2. The Balaban J connectivity index is 1.52. The lowest BCUT2D eigenvalue weighted by Crippen LogP contribution is -2.71. The summed E-state index contributed by atoms with van der Waals surface area (Å²) in [5.74, 6) is -2.28. The molecule has 4 heterocycles. The summed E-state index contributed by atoms with van der Waals surface area (Å²) in [6.45, 7) is 0.314. The molecular formula is C19H21N7O5S3. The lowest BCUT2D eigenvalue weighted by molar-refractivity contribution is -0.654. The van der Waals surface area contributed by atoms with Crippen molar-refractivity contribution in [3.63, 3.8) is 0 Å². The van der Waals surface area contributed by atoms with Gasteiger partial charge in [-0.3, -0.25) is 19.4 Å². The fourth-order valence-corrected chi connectivity index (χ4v) is 6.46. The third-order valence-electron chi connectivity index (χ3n) is 5.20. The molecule has 1 fully saturated rings. The number of thiazole rings is 2. The number of carbonyl (C=O) groups excluding carboxylic acids is 3. The molecule has 0 unspecified atom stereocenters. The first-order valence-corrected chi connectivity index (χ1v) is 12.7. The molecule has 0 aliphatic carbocycles. The van der Waals surface area contributed by atoms with Crippen LogP contribution in [0.15, 0.2) is 33.4 Å². The zero-order valence-corrected chi connectivity index (χ0v) is 20.8. The Morgan fingerprint density at radius 1 is 1.47 bits per heavy atom. The molecule has 15 heteroatoms. The summed E-state index contributed by atoms with van der Waals surface area (Å²) in [7, 11) is 5.03. The van der Waals surface area contributed by atoms with Crippen LogP contribution in [-0.2, 0) is 26.3 Å². The third-order valence-corrected chi connectivity index (χ3v) is 8.29. The smallest absolute Gasteiger partial charge is 0.335 e. The van der Waals surface area contributed by atoms with Gasteiger partial charge in [-0.1, -0.05) is 16.5 Å². The van der Waals surface area contributed by atoms with Gasteiger partial charge in [0.05, 0.1) is 25.8 Å². The van der Waals surface area contributed by atoms with Crippen LogP contribution in [0.25, 0.3) is 0 Å². The molecule has 2 atom stereocenters. The van der Waals surface area contributed by atoms with E-state index in [0.29, 0.717) is 17.9 Å². The quantitative estimate of drug-likeness (QED) is 0.182. The number of hydrogen-bond donors (Lipinski definition) is 2. The van der Waals surface area contributed by atoms with E-state index in [1.54, 1.807) is 5.38 Å². The topological polar surface area (TPSA) is 157 Å². The molecule has 1 saturated heterocycles. The van der Waals surface area contributed by atoms with Crippen molar-refractivity contribution in [2.45, 2.75) is 11.4 Å². The van der Waals surface area contributed by atoms with E-state index in [4.69, 9.17) is 10.6 Å². The number of carboxylic acids is 1. The molecule has 3 N–H and O–H groups in total. The van der Waals surface area contributed by atoms with Crippen molar-refractivity contribution in [3.8, 4) is 0 Å². The minimum Gasteiger partial charge on any atom is -0.543 e. The number of thioether (sulfide) groups is 1. The van der Waals surface area contributed by atoms with Gasteiger partial charge < -0.3 is 25.8 Å². The van der Waals surface area contributed by atoms with Crippen LogP contribution in [-0.4, -0.2) is 71.3 Å².